The molecule has 0 saturated carbocycles. The average molecular weight is 1110 g/mol. The number of benzene rings is 8. The molecule has 0 atom stereocenters. The van der Waals surface area contributed by atoms with Crippen molar-refractivity contribution in [1.29, 1.82) is 0 Å². The summed E-state index contributed by atoms with van der Waals surface area (Å²) in [6.07, 6.45) is 0.487. The van der Waals surface area contributed by atoms with E-state index in [0.29, 0.717) is 79.7 Å². The van der Waals surface area contributed by atoms with Crippen LogP contribution in [0.2, 0.25) is 0 Å². The second-order valence-electron chi connectivity index (χ2n) is 17.8. The number of methoxy groups -OCH3 is 4. The van der Waals surface area contributed by atoms with Crippen molar-refractivity contribution < 1.29 is 48.2 Å². The Morgan fingerprint density at radius 1 is 0.513 bits per heavy atom. The third kappa shape index (κ3) is 15.2. The van der Waals surface area contributed by atoms with Crippen molar-refractivity contribution >= 4 is 63.3 Å². The summed E-state index contributed by atoms with van der Waals surface area (Å²) in [7, 11) is 4.87. The maximum Gasteiger partial charge on any atom is 0.488 e. The molecule has 16 heteroatoms. The van der Waals surface area contributed by atoms with Gasteiger partial charge in [0.25, 0.3) is 11.8 Å². The van der Waals surface area contributed by atoms with E-state index in [1.807, 2.05) is 111 Å². The van der Waals surface area contributed by atoms with Crippen LogP contribution in [0.3, 0.4) is 0 Å². The number of carbonyl (C=O) groups is 4. The van der Waals surface area contributed by atoms with Crippen LogP contribution in [0.4, 0.5) is 11.4 Å². The van der Waals surface area contributed by atoms with E-state index in [2.05, 4.69) is 26.6 Å². The summed E-state index contributed by atoms with van der Waals surface area (Å²) >= 11 is 3.47. The lowest BCUT2D eigenvalue weighted by molar-refractivity contribution is 0.0941. The van der Waals surface area contributed by atoms with Gasteiger partial charge < -0.3 is 51.1 Å². The fraction of sp³-hybridized carbons (Fsp3) is 0.161. The predicted octanol–water partition coefficient (Wildman–Crippen LogP) is 9.70. The Hall–Kier alpha value is -8.70. The average Bonchev–Trinajstić information content (AvgIpc) is 3.49. The van der Waals surface area contributed by atoms with Crippen LogP contribution in [0.15, 0.2) is 174 Å². The molecular weight excluding hydrogens is 1050 g/mol. The van der Waals surface area contributed by atoms with Crippen LogP contribution >= 0.6 is 15.9 Å². The number of hydrogen-bond donors (Lipinski definition) is 6. The zero-order valence-corrected chi connectivity index (χ0v) is 45.9. The number of carbonyl (C=O) groups excluding carboxylic acids is 4. The SMILES string of the molecule is COc1cc(C(=O)NCc2ccc(C(=O)Cc3ccccc3N)cc2)c(C)c(-c2ccccc2)c1OC.COc1cc(C(=O)NCc2ccc(C(=O)Cc3ccccc3N)cc2)c(C)c(Br)c1OC.OB(O)c1ccccc1. The molecule has 0 aliphatic carbocycles. The molecule has 8 rings (SSSR count). The van der Waals surface area contributed by atoms with Crippen LogP contribution in [-0.2, 0) is 25.9 Å². The highest BCUT2D eigenvalue weighted by molar-refractivity contribution is 9.10. The lowest BCUT2D eigenvalue weighted by Gasteiger charge is -2.19. The van der Waals surface area contributed by atoms with Crippen molar-refractivity contribution in [2.45, 2.75) is 39.8 Å². The predicted molar refractivity (Wildman–Crippen MR) is 311 cm³/mol. The number of hydrogen-bond acceptors (Lipinski definition) is 12. The van der Waals surface area contributed by atoms with Gasteiger partial charge in [-0.2, -0.15) is 0 Å². The number of nitrogen functional groups attached to an aromatic ring is 2. The molecule has 8 aromatic carbocycles. The van der Waals surface area contributed by atoms with Crippen molar-refractivity contribution in [3.05, 3.63) is 230 Å². The van der Waals surface area contributed by atoms with Crippen LogP contribution < -0.4 is 46.5 Å². The number of ketones is 2. The number of para-hydroxylation sites is 2. The number of halogens is 1. The highest BCUT2D eigenvalue weighted by atomic mass is 79.9. The zero-order valence-electron chi connectivity index (χ0n) is 44.3. The molecule has 0 aliphatic heterocycles. The molecule has 78 heavy (non-hydrogen) atoms. The van der Waals surface area contributed by atoms with Crippen LogP contribution in [0.1, 0.15) is 74.8 Å². The summed E-state index contributed by atoms with van der Waals surface area (Å²) in [5.74, 6) is 1.60. The Labute approximate surface area is 463 Å². The number of nitrogens with two attached hydrogens (primary N) is 2. The topological polar surface area (TPSA) is 222 Å². The van der Waals surface area contributed by atoms with Crippen LogP contribution in [0.25, 0.3) is 11.1 Å². The largest absolute Gasteiger partial charge is 0.493 e. The lowest BCUT2D eigenvalue weighted by atomic mass is 9.81. The van der Waals surface area contributed by atoms with Crippen molar-refractivity contribution in [3.63, 3.8) is 0 Å². The normalized spacial score (nSPS) is 10.4. The smallest absolute Gasteiger partial charge is 0.488 e. The first-order valence-electron chi connectivity index (χ1n) is 24.7. The highest BCUT2D eigenvalue weighted by Crippen LogP contribution is 2.43. The highest BCUT2D eigenvalue weighted by Gasteiger charge is 2.23. The first kappa shape index (κ1) is 58.6. The molecule has 0 aromatic heterocycles. The third-order valence-corrected chi connectivity index (χ3v) is 13.7. The van der Waals surface area contributed by atoms with Gasteiger partial charge in [-0.15, -0.1) is 0 Å². The Bertz CT molecular complexity index is 3340. The summed E-state index contributed by atoms with van der Waals surface area (Å²) < 4.78 is 22.6. The molecule has 2 amide bonds. The molecule has 0 spiro atoms. The van der Waals surface area contributed by atoms with Gasteiger partial charge in [0.1, 0.15) is 0 Å². The number of ether oxygens (including phenoxy) is 4. The van der Waals surface area contributed by atoms with Crippen molar-refractivity contribution in [1.82, 2.24) is 10.6 Å². The summed E-state index contributed by atoms with van der Waals surface area (Å²) in [5, 5.41) is 23.1. The second kappa shape index (κ2) is 28.4. The number of rotatable bonds is 18. The molecule has 0 radical (unpaired) electrons. The van der Waals surface area contributed by atoms with E-state index in [1.165, 1.54) is 7.11 Å². The van der Waals surface area contributed by atoms with Crippen molar-refractivity contribution in [2.75, 3.05) is 39.9 Å². The molecule has 8 aromatic rings. The Balaban J connectivity index is 0.000000219. The van der Waals surface area contributed by atoms with E-state index >= 15 is 0 Å². The monoisotopic (exact) mass is 1110 g/mol. The molecule has 0 unspecified atom stereocenters. The summed E-state index contributed by atoms with van der Waals surface area (Å²) in [5.41, 5.74) is 22.5. The van der Waals surface area contributed by atoms with Gasteiger partial charge in [0, 0.05) is 65.1 Å². The molecule has 0 aliphatic rings. The van der Waals surface area contributed by atoms with Gasteiger partial charge in [0.05, 0.1) is 32.9 Å². The number of amides is 2. The van der Waals surface area contributed by atoms with Gasteiger partial charge in [0.15, 0.2) is 34.6 Å². The van der Waals surface area contributed by atoms with Crippen molar-refractivity contribution in [2.24, 2.45) is 0 Å². The minimum atomic E-state index is -1.34. The molecular formula is C62H62BBrN4O10. The number of Topliss-reactive ketones (excluding diaryl/α,β-unsaturated/α-hetero) is 2. The van der Waals surface area contributed by atoms with Gasteiger partial charge in [-0.1, -0.05) is 146 Å². The van der Waals surface area contributed by atoms with Gasteiger partial charge in [0.2, 0.25) is 0 Å². The fourth-order valence-corrected chi connectivity index (χ4v) is 8.86. The second-order valence-corrected chi connectivity index (χ2v) is 18.6. The summed E-state index contributed by atoms with van der Waals surface area (Å²) in [4.78, 5) is 51.2. The van der Waals surface area contributed by atoms with Gasteiger partial charge in [-0.3, -0.25) is 19.2 Å². The first-order chi connectivity index (χ1) is 37.6. The summed E-state index contributed by atoms with van der Waals surface area (Å²) in [6.45, 7) is 4.37. The van der Waals surface area contributed by atoms with Crippen LogP contribution in [0, 0.1) is 13.8 Å². The van der Waals surface area contributed by atoms with E-state index in [-0.39, 0.29) is 36.2 Å². The zero-order chi connectivity index (χ0) is 56.3. The minimum Gasteiger partial charge on any atom is -0.493 e. The molecule has 0 bridgehead atoms. The van der Waals surface area contributed by atoms with Crippen molar-refractivity contribution in [3.8, 4) is 34.1 Å². The summed E-state index contributed by atoms with van der Waals surface area (Å²) in [6, 6.07) is 50.9. The standard InChI is InChI=1S/C31H30N2O4.C25H25BrN2O4.C6H7BO2/c1-20-25(18-28(36-2)30(37-3)29(20)23-9-5-4-6-10-23)31(35)33-19-21-13-15-22(16-14-21)27(34)17-24-11-7-8-12-26(24)32;1-15-19(13-22(31-2)24(32-3)23(15)26)25(30)28-14-16-8-10-17(11-9-16)21(29)12-18-6-4-5-7-20(18)27;8-7(9)6-4-2-1-3-5-6/h4-16,18H,17,19,32H2,1-3H3,(H,33,35);4-11,13H,12,14,27H2,1-3H3,(H,28,30);1-5,8-9H. The van der Waals surface area contributed by atoms with Gasteiger partial charge >= 0.3 is 7.12 Å². The Kier molecular flexibility index (Phi) is 21.4. The maximum absolute atomic E-state index is 13.2. The van der Waals surface area contributed by atoms with Gasteiger partial charge in [-0.05, 0) is 98.4 Å². The molecule has 8 N–H and O–H groups in total. The van der Waals surface area contributed by atoms with Crippen LogP contribution in [-0.4, -0.2) is 69.0 Å². The fourth-order valence-electron chi connectivity index (χ4n) is 8.29. The van der Waals surface area contributed by atoms with E-state index in [9.17, 15) is 19.2 Å². The maximum atomic E-state index is 13.2. The Morgan fingerprint density at radius 2 is 0.910 bits per heavy atom. The first-order valence-corrected chi connectivity index (χ1v) is 25.5. The van der Waals surface area contributed by atoms with E-state index < -0.39 is 7.12 Å². The van der Waals surface area contributed by atoms with E-state index in [0.717, 1.165) is 44.5 Å². The third-order valence-electron chi connectivity index (χ3n) is 12.7. The molecule has 14 nitrogen and oxygen atoms in total. The van der Waals surface area contributed by atoms with E-state index in [1.54, 1.807) is 94.1 Å². The van der Waals surface area contributed by atoms with Crippen LogP contribution in [0.5, 0.6) is 23.0 Å². The quantitative estimate of drug-likeness (QED) is 0.0269. The number of nitrogens with one attached hydrogen (secondary N) is 2. The molecule has 400 valence electrons. The Morgan fingerprint density at radius 3 is 1.31 bits per heavy atom. The minimum absolute atomic E-state index is 0.00992. The number of anilines is 2. The molecule has 0 saturated heterocycles. The molecule has 0 heterocycles. The van der Waals surface area contributed by atoms with E-state index in [4.69, 9.17) is 40.5 Å². The molecule has 0 fully saturated rings. The van der Waals surface area contributed by atoms with Gasteiger partial charge in [-0.25, -0.2) is 0 Å². The lowest BCUT2D eigenvalue weighted by Crippen LogP contribution is -2.29.